The van der Waals surface area contributed by atoms with Gasteiger partial charge in [-0.05, 0) is 44.2 Å². The van der Waals surface area contributed by atoms with Crippen LogP contribution in [0.4, 0.5) is 0 Å². The molecule has 2 bridgehead atoms. The molecule has 0 radical (unpaired) electrons. The van der Waals surface area contributed by atoms with Crippen LogP contribution in [0.3, 0.4) is 0 Å². The fourth-order valence-electron chi connectivity index (χ4n) is 5.03. The Morgan fingerprint density at radius 1 is 0.621 bits per heavy atom. The molecule has 0 saturated heterocycles. The van der Waals surface area contributed by atoms with Crippen molar-refractivity contribution in [2.24, 2.45) is 0 Å². The Bertz CT molecular complexity index is 1050. The summed E-state index contributed by atoms with van der Waals surface area (Å²) >= 11 is 0. The highest BCUT2D eigenvalue weighted by Crippen LogP contribution is 2.58. The molecule has 0 spiro atoms. The number of carbonyl (C=O) groups excluding carboxylic acids is 2. The lowest BCUT2D eigenvalue weighted by atomic mass is 9.60. The van der Waals surface area contributed by atoms with Crippen molar-refractivity contribution in [3.05, 3.63) is 80.9 Å². The smallest absolute Gasteiger partial charge is 0.343 e. The first kappa shape index (κ1) is 18.4. The number of ether oxygens (including phenoxy) is 1. The highest BCUT2D eigenvalue weighted by molar-refractivity contribution is 6.16. The van der Waals surface area contributed by atoms with E-state index in [-0.39, 0.29) is 22.7 Å². The molecular weight excluding hydrogens is 360 g/mol. The van der Waals surface area contributed by atoms with Crippen LogP contribution in [0.2, 0.25) is 0 Å². The first-order chi connectivity index (χ1) is 13.5. The molecule has 3 aliphatic carbocycles. The Kier molecular flexibility index (Phi) is 3.46. The molecular formula is C26H26O3. The molecule has 1 heterocycles. The summed E-state index contributed by atoms with van der Waals surface area (Å²) < 4.78 is 5.09. The minimum Gasteiger partial charge on any atom is -0.386 e. The molecule has 1 aliphatic heterocycles. The van der Waals surface area contributed by atoms with Gasteiger partial charge in [0.05, 0.1) is 11.1 Å². The van der Waals surface area contributed by atoms with Crippen LogP contribution in [0.25, 0.3) is 0 Å². The van der Waals surface area contributed by atoms with Gasteiger partial charge in [-0.25, -0.2) is 9.59 Å². The van der Waals surface area contributed by atoms with E-state index in [4.69, 9.17) is 4.74 Å². The Balaban J connectivity index is 1.80. The van der Waals surface area contributed by atoms with E-state index in [1.54, 1.807) is 0 Å². The van der Waals surface area contributed by atoms with Gasteiger partial charge >= 0.3 is 11.9 Å². The Morgan fingerprint density at radius 3 is 1.34 bits per heavy atom. The maximum atomic E-state index is 12.6. The quantitative estimate of drug-likeness (QED) is 0.459. The number of carbonyl (C=O) groups is 2. The average Bonchev–Trinajstić information content (AvgIpc) is 2.94. The summed E-state index contributed by atoms with van der Waals surface area (Å²) in [5.41, 5.74) is 8.13. The van der Waals surface area contributed by atoms with Crippen LogP contribution in [-0.2, 0) is 25.2 Å². The molecule has 148 valence electrons. The van der Waals surface area contributed by atoms with E-state index in [0.717, 1.165) is 22.3 Å². The summed E-state index contributed by atoms with van der Waals surface area (Å²) in [7, 11) is 0. The van der Waals surface area contributed by atoms with Crippen molar-refractivity contribution < 1.29 is 14.3 Å². The van der Waals surface area contributed by atoms with Crippen LogP contribution in [0.1, 0.15) is 86.8 Å². The molecule has 6 rings (SSSR count). The van der Waals surface area contributed by atoms with Gasteiger partial charge in [-0.3, -0.25) is 0 Å². The van der Waals surface area contributed by atoms with E-state index in [0.29, 0.717) is 11.1 Å². The molecule has 0 fully saturated rings. The zero-order chi connectivity index (χ0) is 20.9. The highest BCUT2D eigenvalue weighted by atomic mass is 16.6. The van der Waals surface area contributed by atoms with E-state index >= 15 is 0 Å². The zero-order valence-corrected chi connectivity index (χ0v) is 17.8. The monoisotopic (exact) mass is 386 g/mol. The van der Waals surface area contributed by atoms with E-state index in [9.17, 15) is 9.59 Å². The van der Waals surface area contributed by atoms with Crippen molar-refractivity contribution in [2.75, 3.05) is 0 Å². The van der Waals surface area contributed by atoms with Gasteiger partial charge in [0.2, 0.25) is 0 Å². The predicted octanol–water partition coefficient (Wildman–Crippen LogP) is 5.25. The second-order valence-corrected chi connectivity index (χ2v) is 10.6. The molecule has 2 atom stereocenters. The predicted molar refractivity (Wildman–Crippen MR) is 112 cm³/mol. The number of cyclic esters (lactones) is 2. The van der Waals surface area contributed by atoms with Gasteiger partial charge in [-0.1, -0.05) is 77.9 Å². The number of hydrogen-bond donors (Lipinski definition) is 0. The molecule has 0 amide bonds. The summed E-state index contributed by atoms with van der Waals surface area (Å²) in [6.07, 6.45) is 0. The Hall–Kier alpha value is -2.68. The summed E-state index contributed by atoms with van der Waals surface area (Å²) in [5, 5.41) is 0. The molecule has 0 saturated carbocycles. The molecule has 2 aromatic rings. The molecule has 29 heavy (non-hydrogen) atoms. The minimum absolute atomic E-state index is 0.00780. The normalized spacial score (nSPS) is 22.4. The van der Waals surface area contributed by atoms with Gasteiger partial charge in [0.25, 0.3) is 0 Å². The third kappa shape index (κ3) is 2.43. The SMILES string of the molecule is CC(C)(C)c1ccc2c(c1)[C@H]1C3=C(C(=O)OC3=O)[C@@H]2c2cc(C(C)(C)C)ccc21. The lowest BCUT2D eigenvalue weighted by Crippen LogP contribution is -2.30. The summed E-state index contributed by atoms with van der Waals surface area (Å²) in [5.74, 6) is -1.40. The summed E-state index contributed by atoms with van der Waals surface area (Å²) in [6.45, 7) is 13.2. The fraction of sp³-hybridized carbons (Fsp3) is 0.385. The molecule has 0 N–H and O–H groups in total. The van der Waals surface area contributed by atoms with E-state index in [2.05, 4.69) is 77.9 Å². The number of rotatable bonds is 0. The van der Waals surface area contributed by atoms with Crippen LogP contribution < -0.4 is 0 Å². The van der Waals surface area contributed by atoms with Crippen molar-refractivity contribution >= 4 is 11.9 Å². The molecule has 2 aromatic carbocycles. The summed E-state index contributed by atoms with van der Waals surface area (Å²) in [4.78, 5) is 25.3. The van der Waals surface area contributed by atoms with Crippen LogP contribution in [0.5, 0.6) is 0 Å². The van der Waals surface area contributed by atoms with Gasteiger partial charge in [0, 0.05) is 11.8 Å². The van der Waals surface area contributed by atoms with E-state index in [1.165, 1.54) is 11.1 Å². The highest BCUT2D eigenvalue weighted by Gasteiger charge is 2.52. The van der Waals surface area contributed by atoms with Gasteiger partial charge in [-0.2, -0.15) is 0 Å². The van der Waals surface area contributed by atoms with Crippen molar-refractivity contribution in [3.63, 3.8) is 0 Å². The van der Waals surface area contributed by atoms with E-state index in [1.807, 2.05) is 0 Å². The minimum atomic E-state index is -0.475. The van der Waals surface area contributed by atoms with Gasteiger partial charge < -0.3 is 4.74 Å². The van der Waals surface area contributed by atoms with Gasteiger partial charge in [0.1, 0.15) is 0 Å². The van der Waals surface area contributed by atoms with Crippen LogP contribution in [0.15, 0.2) is 47.5 Å². The second-order valence-electron chi connectivity index (χ2n) is 10.6. The first-order valence-electron chi connectivity index (χ1n) is 10.3. The lowest BCUT2D eigenvalue weighted by molar-refractivity contribution is -0.151. The Morgan fingerprint density at radius 2 is 1.00 bits per heavy atom. The maximum Gasteiger partial charge on any atom is 0.343 e. The zero-order valence-electron chi connectivity index (χ0n) is 17.8. The van der Waals surface area contributed by atoms with Crippen LogP contribution in [-0.4, -0.2) is 11.9 Å². The van der Waals surface area contributed by atoms with Crippen molar-refractivity contribution in [3.8, 4) is 0 Å². The number of esters is 2. The topological polar surface area (TPSA) is 43.4 Å². The average molecular weight is 386 g/mol. The van der Waals surface area contributed by atoms with Crippen molar-refractivity contribution in [1.29, 1.82) is 0 Å². The molecule has 3 heteroatoms. The molecule has 4 aliphatic rings. The maximum absolute atomic E-state index is 12.6. The number of benzene rings is 2. The molecule has 3 nitrogen and oxygen atoms in total. The van der Waals surface area contributed by atoms with Crippen LogP contribution in [0, 0.1) is 0 Å². The number of hydrogen-bond acceptors (Lipinski definition) is 3. The Labute approximate surface area is 171 Å². The fourth-order valence-corrected chi connectivity index (χ4v) is 5.03. The van der Waals surface area contributed by atoms with Gasteiger partial charge in [-0.15, -0.1) is 0 Å². The van der Waals surface area contributed by atoms with Crippen molar-refractivity contribution in [2.45, 2.75) is 64.2 Å². The second kappa shape index (κ2) is 5.47. The first-order valence-corrected chi connectivity index (χ1v) is 10.3. The summed E-state index contributed by atoms with van der Waals surface area (Å²) in [6, 6.07) is 13.1. The largest absolute Gasteiger partial charge is 0.386 e. The third-order valence-corrected chi connectivity index (χ3v) is 6.64. The van der Waals surface area contributed by atoms with Gasteiger partial charge in [0.15, 0.2) is 0 Å². The van der Waals surface area contributed by atoms with E-state index < -0.39 is 11.9 Å². The standard InChI is InChI=1S/C26H26O3/c1-25(2,3)13-7-9-15-17(11-13)19-16-10-8-14(26(4,5)6)12-18(16)20(15)22-21(19)23(27)29-24(22)28/h7-12,19-20H,1-6H3/t19-,20-/m0/s1. The van der Waals surface area contributed by atoms with Crippen LogP contribution >= 0.6 is 0 Å². The third-order valence-electron chi connectivity index (χ3n) is 6.64. The lowest BCUT2D eigenvalue weighted by Gasteiger charge is -2.41. The van der Waals surface area contributed by atoms with Crippen molar-refractivity contribution in [1.82, 2.24) is 0 Å². The molecule has 0 aromatic heterocycles. The molecule has 0 unspecified atom stereocenters.